The molecule has 5 nitrogen and oxygen atoms in total. The number of anilines is 1. The van der Waals surface area contributed by atoms with Crippen molar-refractivity contribution in [3.8, 4) is 0 Å². The second-order valence-electron chi connectivity index (χ2n) is 7.07. The Morgan fingerprint density at radius 2 is 1.79 bits per heavy atom. The van der Waals surface area contributed by atoms with E-state index in [0.29, 0.717) is 10.6 Å². The van der Waals surface area contributed by atoms with Crippen LogP contribution in [0.4, 0.5) is 5.69 Å². The van der Waals surface area contributed by atoms with Crippen LogP contribution in [0.15, 0.2) is 41.3 Å². The van der Waals surface area contributed by atoms with Gasteiger partial charge in [0.25, 0.3) is 10.0 Å². The van der Waals surface area contributed by atoms with Gasteiger partial charge in [-0.1, -0.05) is 30.7 Å². The monoisotopic (exact) mass is 365 g/mol. The molecule has 0 radical (unpaired) electrons. The standard InChI is InChI=1S/C17H19NO4S2/c1-23(19,20)12-17(9-4-10-17)11-18-14-7-2-5-13-6-3-8-15(16(13)14)24(18,21)22/h2-3,5-8H,4,9-12H2,1H3. The van der Waals surface area contributed by atoms with E-state index in [1.807, 2.05) is 24.3 Å². The van der Waals surface area contributed by atoms with Gasteiger partial charge in [-0.05, 0) is 30.4 Å². The van der Waals surface area contributed by atoms with Crippen LogP contribution in [-0.2, 0) is 19.9 Å². The van der Waals surface area contributed by atoms with Gasteiger partial charge in [0.1, 0.15) is 9.84 Å². The Morgan fingerprint density at radius 1 is 1.12 bits per heavy atom. The van der Waals surface area contributed by atoms with Gasteiger partial charge in [0.15, 0.2) is 0 Å². The van der Waals surface area contributed by atoms with Crippen molar-refractivity contribution in [1.82, 2.24) is 0 Å². The first-order chi connectivity index (χ1) is 11.2. The third-order valence-corrected chi connectivity index (χ3v) is 8.08. The predicted molar refractivity (Wildman–Crippen MR) is 94.5 cm³/mol. The van der Waals surface area contributed by atoms with E-state index in [4.69, 9.17) is 0 Å². The molecule has 0 aromatic heterocycles. The van der Waals surface area contributed by atoms with Crippen LogP contribution in [0.25, 0.3) is 10.8 Å². The number of sulfone groups is 1. The summed E-state index contributed by atoms with van der Waals surface area (Å²) in [6.07, 6.45) is 3.67. The number of hydrogen-bond donors (Lipinski definition) is 0. The van der Waals surface area contributed by atoms with Gasteiger partial charge in [0, 0.05) is 23.6 Å². The molecule has 0 N–H and O–H groups in total. The topological polar surface area (TPSA) is 71.5 Å². The summed E-state index contributed by atoms with van der Waals surface area (Å²) in [5.41, 5.74) is 0.202. The lowest BCUT2D eigenvalue weighted by molar-refractivity contribution is 0.178. The zero-order valence-electron chi connectivity index (χ0n) is 13.4. The fraction of sp³-hybridized carbons (Fsp3) is 0.412. The summed E-state index contributed by atoms with van der Waals surface area (Å²) in [6.45, 7) is 0.232. The van der Waals surface area contributed by atoms with Gasteiger partial charge in [-0.2, -0.15) is 0 Å². The smallest absolute Gasteiger partial charge is 0.265 e. The summed E-state index contributed by atoms with van der Waals surface area (Å²) in [4.78, 5) is 0.324. The van der Waals surface area contributed by atoms with Gasteiger partial charge in [0.05, 0.1) is 16.3 Å². The van der Waals surface area contributed by atoms with Crippen LogP contribution in [0.5, 0.6) is 0 Å². The Balaban J connectivity index is 1.82. The molecule has 1 fully saturated rings. The molecule has 0 bridgehead atoms. The number of rotatable bonds is 4. The molecule has 4 rings (SSSR count). The molecule has 1 aliphatic heterocycles. The summed E-state index contributed by atoms with van der Waals surface area (Å²) in [5, 5.41) is 1.63. The zero-order valence-corrected chi connectivity index (χ0v) is 15.0. The van der Waals surface area contributed by atoms with E-state index in [2.05, 4.69) is 0 Å². The predicted octanol–water partition coefficient (Wildman–Crippen LogP) is 2.56. The third-order valence-electron chi connectivity index (χ3n) is 5.14. The van der Waals surface area contributed by atoms with E-state index >= 15 is 0 Å². The quantitative estimate of drug-likeness (QED) is 0.835. The molecular formula is C17H19NO4S2. The van der Waals surface area contributed by atoms with Gasteiger partial charge < -0.3 is 0 Å². The normalized spacial score (nSPS) is 21.0. The summed E-state index contributed by atoms with van der Waals surface area (Å²) in [6, 6.07) is 10.8. The molecule has 0 saturated heterocycles. The van der Waals surface area contributed by atoms with Crippen LogP contribution in [0.3, 0.4) is 0 Å². The second-order valence-corrected chi connectivity index (χ2v) is 11.0. The SMILES string of the molecule is CS(=O)(=O)CC1(CN2c3cccc4cccc(c34)S2(=O)=O)CCC1. The first-order valence-electron chi connectivity index (χ1n) is 7.94. The van der Waals surface area contributed by atoms with E-state index in [0.717, 1.165) is 30.0 Å². The van der Waals surface area contributed by atoms with E-state index in [9.17, 15) is 16.8 Å². The molecule has 2 aromatic rings. The highest BCUT2D eigenvalue weighted by molar-refractivity contribution is 7.93. The number of benzene rings is 2. The van der Waals surface area contributed by atoms with Gasteiger partial charge in [-0.15, -0.1) is 0 Å². The molecule has 1 heterocycles. The molecule has 0 atom stereocenters. The highest BCUT2D eigenvalue weighted by Gasteiger charge is 2.46. The number of nitrogens with zero attached hydrogens (tertiary/aromatic N) is 1. The van der Waals surface area contributed by atoms with Crippen molar-refractivity contribution in [2.24, 2.45) is 5.41 Å². The minimum absolute atomic E-state index is 0.0400. The van der Waals surface area contributed by atoms with Crippen molar-refractivity contribution in [3.05, 3.63) is 36.4 Å². The van der Waals surface area contributed by atoms with Gasteiger partial charge >= 0.3 is 0 Å². The summed E-state index contributed by atoms with van der Waals surface area (Å²) < 4.78 is 51.1. The highest BCUT2D eigenvalue weighted by Crippen LogP contribution is 2.48. The lowest BCUT2D eigenvalue weighted by Crippen LogP contribution is -2.47. The van der Waals surface area contributed by atoms with Crippen molar-refractivity contribution in [3.63, 3.8) is 0 Å². The molecule has 0 spiro atoms. The molecule has 0 unspecified atom stereocenters. The Morgan fingerprint density at radius 3 is 2.38 bits per heavy atom. The van der Waals surface area contributed by atoms with Crippen LogP contribution in [-0.4, -0.2) is 35.4 Å². The van der Waals surface area contributed by atoms with Crippen molar-refractivity contribution in [2.75, 3.05) is 22.9 Å². The maximum atomic E-state index is 13.0. The lowest BCUT2D eigenvalue weighted by Gasteiger charge is -2.43. The minimum Gasteiger partial charge on any atom is -0.265 e. The fourth-order valence-corrected chi connectivity index (χ4v) is 7.33. The van der Waals surface area contributed by atoms with Crippen molar-refractivity contribution < 1.29 is 16.8 Å². The van der Waals surface area contributed by atoms with Crippen LogP contribution in [0.1, 0.15) is 19.3 Å². The van der Waals surface area contributed by atoms with Crippen LogP contribution in [0, 0.1) is 5.41 Å². The van der Waals surface area contributed by atoms with Crippen molar-refractivity contribution in [2.45, 2.75) is 24.2 Å². The van der Waals surface area contributed by atoms with Crippen LogP contribution >= 0.6 is 0 Å². The summed E-state index contributed by atoms with van der Waals surface area (Å²) in [7, 11) is -6.79. The summed E-state index contributed by atoms with van der Waals surface area (Å²) in [5.74, 6) is 0.0400. The average Bonchev–Trinajstić information content (AvgIpc) is 2.67. The van der Waals surface area contributed by atoms with Crippen LogP contribution < -0.4 is 4.31 Å². The zero-order chi connectivity index (χ0) is 17.2. The first kappa shape index (κ1) is 15.9. The average molecular weight is 365 g/mol. The molecule has 128 valence electrons. The second kappa shape index (κ2) is 4.95. The van der Waals surface area contributed by atoms with Gasteiger partial charge in [0.2, 0.25) is 0 Å². The molecule has 2 aliphatic rings. The van der Waals surface area contributed by atoms with Gasteiger partial charge in [-0.25, -0.2) is 16.8 Å². The molecule has 1 saturated carbocycles. The fourth-order valence-electron chi connectivity index (χ4n) is 4.01. The molecule has 24 heavy (non-hydrogen) atoms. The van der Waals surface area contributed by atoms with E-state index in [1.165, 1.54) is 10.6 Å². The lowest BCUT2D eigenvalue weighted by atomic mass is 9.70. The largest absolute Gasteiger partial charge is 0.265 e. The molecule has 1 aliphatic carbocycles. The molecule has 2 aromatic carbocycles. The maximum Gasteiger partial charge on any atom is 0.265 e. The number of sulfonamides is 1. The Labute approximate surface area is 142 Å². The minimum atomic E-state index is -3.62. The van der Waals surface area contributed by atoms with Crippen molar-refractivity contribution in [1.29, 1.82) is 0 Å². The molecule has 7 heteroatoms. The molecular weight excluding hydrogens is 346 g/mol. The summed E-state index contributed by atoms with van der Waals surface area (Å²) >= 11 is 0. The van der Waals surface area contributed by atoms with E-state index < -0.39 is 25.3 Å². The molecule has 0 amide bonds. The first-order valence-corrected chi connectivity index (χ1v) is 11.4. The highest BCUT2D eigenvalue weighted by atomic mass is 32.2. The Hall–Kier alpha value is -1.60. The Bertz CT molecular complexity index is 1030. The third kappa shape index (κ3) is 2.33. The van der Waals surface area contributed by atoms with Gasteiger partial charge in [-0.3, -0.25) is 4.31 Å². The van der Waals surface area contributed by atoms with E-state index in [-0.39, 0.29) is 12.3 Å². The Kier molecular flexibility index (Phi) is 3.28. The van der Waals surface area contributed by atoms with Crippen LogP contribution in [0.2, 0.25) is 0 Å². The number of hydrogen-bond acceptors (Lipinski definition) is 4. The van der Waals surface area contributed by atoms with Crippen molar-refractivity contribution >= 4 is 36.3 Å². The van der Waals surface area contributed by atoms with E-state index in [1.54, 1.807) is 12.1 Å². The maximum absolute atomic E-state index is 13.0.